The Bertz CT molecular complexity index is 492. The first-order valence-electron chi connectivity index (χ1n) is 7.49. The Balaban J connectivity index is 2.40. The number of nitrogens with one attached hydrogen (secondary N) is 1. The van der Waals surface area contributed by atoms with E-state index < -0.39 is 18.2 Å². The van der Waals surface area contributed by atoms with Gasteiger partial charge in [-0.1, -0.05) is 37.1 Å². The summed E-state index contributed by atoms with van der Waals surface area (Å²) in [6, 6.07) is 7.06. The van der Waals surface area contributed by atoms with Crippen LogP contribution in [0.5, 0.6) is 0 Å². The molecule has 6 nitrogen and oxygen atoms in total. The molecule has 1 atom stereocenters. The molecule has 1 unspecified atom stereocenters. The van der Waals surface area contributed by atoms with E-state index in [4.69, 9.17) is 26.2 Å². The fourth-order valence-corrected chi connectivity index (χ4v) is 1.86. The number of rotatable bonds is 10. The van der Waals surface area contributed by atoms with Gasteiger partial charge in [0.1, 0.15) is 0 Å². The van der Waals surface area contributed by atoms with Crippen molar-refractivity contribution in [1.29, 1.82) is 0 Å². The summed E-state index contributed by atoms with van der Waals surface area (Å²) in [7, 11) is 0. The molecule has 1 amide bonds. The first-order chi connectivity index (χ1) is 11.0. The van der Waals surface area contributed by atoms with E-state index in [0.717, 1.165) is 18.4 Å². The Morgan fingerprint density at radius 2 is 2.00 bits per heavy atom. The second kappa shape index (κ2) is 10.9. The van der Waals surface area contributed by atoms with Crippen LogP contribution in [0.1, 0.15) is 31.7 Å². The van der Waals surface area contributed by atoms with Gasteiger partial charge < -0.3 is 19.9 Å². The third-order valence-electron chi connectivity index (χ3n) is 3.01. The third kappa shape index (κ3) is 9.05. The minimum absolute atomic E-state index is 0.0743. The SMILES string of the molecule is CCCCOC(=O)NCC(CC(=O)O)OCc1ccc(Cl)cc1. The lowest BCUT2D eigenvalue weighted by Crippen LogP contribution is -2.35. The van der Waals surface area contributed by atoms with Gasteiger partial charge in [-0.15, -0.1) is 0 Å². The molecule has 0 aromatic heterocycles. The number of hydrogen-bond acceptors (Lipinski definition) is 4. The fourth-order valence-electron chi connectivity index (χ4n) is 1.74. The fraction of sp³-hybridized carbons (Fsp3) is 0.500. The quantitative estimate of drug-likeness (QED) is 0.637. The van der Waals surface area contributed by atoms with Crippen molar-refractivity contribution in [1.82, 2.24) is 5.32 Å². The summed E-state index contributed by atoms with van der Waals surface area (Å²) in [6.45, 7) is 2.65. The number of carbonyl (C=O) groups is 2. The molecule has 1 aromatic rings. The second-order valence-electron chi connectivity index (χ2n) is 5.03. The molecular weight excluding hydrogens is 322 g/mol. The average molecular weight is 344 g/mol. The number of unbranched alkanes of at least 4 members (excludes halogenated alkanes) is 1. The van der Waals surface area contributed by atoms with Crippen molar-refractivity contribution in [2.45, 2.75) is 38.9 Å². The molecule has 0 aliphatic rings. The maximum atomic E-state index is 11.5. The monoisotopic (exact) mass is 343 g/mol. The highest BCUT2D eigenvalue weighted by atomic mass is 35.5. The van der Waals surface area contributed by atoms with E-state index in [1.165, 1.54) is 0 Å². The largest absolute Gasteiger partial charge is 0.481 e. The molecule has 0 saturated carbocycles. The number of benzene rings is 1. The first-order valence-corrected chi connectivity index (χ1v) is 7.87. The van der Waals surface area contributed by atoms with Crippen molar-refractivity contribution in [3.63, 3.8) is 0 Å². The van der Waals surface area contributed by atoms with Crippen molar-refractivity contribution in [2.75, 3.05) is 13.2 Å². The third-order valence-corrected chi connectivity index (χ3v) is 3.26. The number of amides is 1. The molecule has 0 saturated heterocycles. The standard InChI is InChI=1S/C16H22ClNO5/c1-2-3-8-22-16(21)18-10-14(9-15(19)20)23-11-12-4-6-13(17)7-5-12/h4-7,14H,2-3,8-11H2,1H3,(H,18,21)(H,19,20). The van der Waals surface area contributed by atoms with E-state index >= 15 is 0 Å². The minimum Gasteiger partial charge on any atom is -0.481 e. The van der Waals surface area contributed by atoms with Crippen LogP contribution in [-0.2, 0) is 20.9 Å². The summed E-state index contributed by atoms with van der Waals surface area (Å²) in [5.74, 6) is -0.993. The summed E-state index contributed by atoms with van der Waals surface area (Å²) in [5, 5.41) is 12.1. The van der Waals surface area contributed by atoms with E-state index in [1.807, 2.05) is 6.92 Å². The van der Waals surface area contributed by atoms with Gasteiger partial charge in [-0.2, -0.15) is 0 Å². The Labute approximate surface area is 140 Å². The van der Waals surface area contributed by atoms with E-state index in [2.05, 4.69) is 5.32 Å². The zero-order chi connectivity index (χ0) is 17.1. The van der Waals surface area contributed by atoms with Gasteiger partial charge in [-0.05, 0) is 24.1 Å². The van der Waals surface area contributed by atoms with Crippen LogP contribution in [0.15, 0.2) is 24.3 Å². The van der Waals surface area contributed by atoms with Crippen LogP contribution in [0.25, 0.3) is 0 Å². The number of ether oxygens (including phenoxy) is 2. The number of aliphatic carboxylic acids is 1. The van der Waals surface area contributed by atoms with Gasteiger partial charge in [0.25, 0.3) is 0 Å². The van der Waals surface area contributed by atoms with Gasteiger partial charge in [0.2, 0.25) is 0 Å². The predicted molar refractivity (Wildman–Crippen MR) is 86.5 cm³/mol. The predicted octanol–water partition coefficient (Wildman–Crippen LogP) is 3.23. The van der Waals surface area contributed by atoms with E-state index in [1.54, 1.807) is 24.3 Å². The molecule has 23 heavy (non-hydrogen) atoms. The summed E-state index contributed by atoms with van der Waals surface area (Å²) in [4.78, 5) is 22.3. The van der Waals surface area contributed by atoms with Crippen molar-refractivity contribution in [2.24, 2.45) is 0 Å². The number of carboxylic acid groups (broad SMARTS) is 1. The molecule has 0 fully saturated rings. The zero-order valence-electron chi connectivity index (χ0n) is 13.1. The first kappa shape index (κ1) is 19.3. The molecule has 1 aromatic carbocycles. The maximum absolute atomic E-state index is 11.5. The molecule has 0 spiro atoms. The van der Waals surface area contributed by atoms with Crippen LogP contribution in [-0.4, -0.2) is 36.4 Å². The summed E-state index contributed by atoms with van der Waals surface area (Å²) in [5.41, 5.74) is 0.871. The highest BCUT2D eigenvalue weighted by Gasteiger charge is 2.15. The van der Waals surface area contributed by atoms with Crippen molar-refractivity contribution < 1.29 is 24.2 Å². The Morgan fingerprint density at radius 1 is 1.30 bits per heavy atom. The normalized spacial score (nSPS) is 11.7. The van der Waals surface area contributed by atoms with E-state index in [-0.39, 0.29) is 19.6 Å². The van der Waals surface area contributed by atoms with Crippen molar-refractivity contribution in [3.8, 4) is 0 Å². The molecular formula is C16H22ClNO5. The lowest BCUT2D eigenvalue weighted by Gasteiger charge is -2.17. The van der Waals surface area contributed by atoms with Gasteiger partial charge in [-0.25, -0.2) is 4.79 Å². The molecule has 2 N–H and O–H groups in total. The van der Waals surface area contributed by atoms with Gasteiger partial charge >= 0.3 is 12.1 Å². The molecule has 0 bridgehead atoms. The minimum atomic E-state index is -0.993. The highest BCUT2D eigenvalue weighted by molar-refractivity contribution is 6.30. The van der Waals surface area contributed by atoms with Crippen LogP contribution < -0.4 is 5.32 Å². The number of hydrogen-bond donors (Lipinski definition) is 2. The van der Waals surface area contributed by atoms with Crippen molar-refractivity contribution in [3.05, 3.63) is 34.9 Å². The number of halogens is 1. The molecule has 0 aliphatic heterocycles. The number of carboxylic acids is 1. The summed E-state index contributed by atoms with van der Waals surface area (Å²) >= 11 is 5.80. The Kier molecular flexibility index (Phi) is 9.09. The highest BCUT2D eigenvalue weighted by Crippen LogP contribution is 2.11. The van der Waals surface area contributed by atoms with Crippen molar-refractivity contribution >= 4 is 23.7 Å². The lowest BCUT2D eigenvalue weighted by molar-refractivity contribution is -0.140. The van der Waals surface area contributed by atoms with Crippen LogP contribution in [0, 0.1) is 0 Å². The molecule has 128 valence electrons. The van der Waals surface area contributed by atoms with Gasteiger partial charge in [0, 0.05) is 11.6 Å². The van der Waals surface area contributed by atoms with E-state index in [0.29, 0.717) is 11.6 Å². The Hall–Kier alpha value is -1.79. The van der Waals surface area contributed by atoms with Crippen LogP contribution in [0.4, 0.5) is 4.79 Å². The molecule has 0 aliphatic carbocycles. The maximum Gasteiger partial charge on any atom is 0.407 e. The summed E-state index contributed by atoms with van der Waals surface area (Å²) in [6.07, 6.45) is 0.312. The molecule has 0 radical (unpaired) electrons. The lowest BCUT2D eigenvalue weighted by atomic mass is 10.2. The average Bonchev–Trinajstić information content (AvgIpc) is 2.51. The van der Waals surface area contributed by atoms with Crippen LogP contribution in [0.2, 0.25) is 5.02 Å². The van der Waals surface area contributed by atoms with Crippen LogP contribution in [0.3, 0.4) is 0 Å². The van der Waals surface area contributed by atoms with E-state index in [9.17, 15) is 9.59 Å². The Morgan fingerprint density at radius 3 is 2.61 bits per heavy atom. The van der Waals surface area contributed by atoms with Gasteiger partial charge in [0.05, 0.1) is 25.7 Å². The van der Waals surface area contributed by atoms with Gasteiger partial charge in [0.15, 0.2) is 0 Å². The molecule has 0 heterocycles. The van der Waals surface area contributed by atoms with Gasteiger partial charge in [-0.3, -0.25) is 4.79 Å². The zero-order valence-corrected chi connectivity index (χ0v) is 13.8. The smallest absolute Gasteiger partial charge is 0.407 e. The molecule has 1 rings (SSSR count). The molecule has 7 heteroatoms. The number of carbonyl (C=O) groups excluding carboxylic acids is 1. The summed E-state index contributed by atoms with van der Waals surface area (Å²) < 4.78 is 10.5. The second-order valence-corrected chi connectivity index (χ2v) is 5.46. The van der Waals surface area contributed by atoms with Crippen LogP contribution >= 0.6 is 11.6 Å². The topological polar surface area (TPSA) is 84.9 Å². The number of alkyl carbamates (subject to hydrolysis) is 1.